The van der Waals surface area contributed by atoms with Gasteiger partial charge in [-0.15, -0.1) is 11.3 Å². The summed E-state index contributed by atoms with van der Waals surface area (Å²) in [6.07, 6.45) is 5.83. The zero-order chi connectivity index (χ0) is 25.8. The number of nitrogens with one attached hydrogen (secondary N) is 1. The Morgan fingerprint density at radius 2 is 1.73 bits per heavy atom. The number of halogens is 3. The van der Waals surface area contributed by atoms with Crippen molar-refractivity contribution in [1.29, 1.82) is 0 Å². The third-order valence-corrected chi connectivity index (χ3v) is 8.47. The molecule has 4 nitrogen and oxygen atoms in total. The van der Waals surface area contributed by atoms with Crippen molar-refractivity contribution in [2.24, 2.45) is 4.99 Å². The monoisotopic (exact) mass is 640 g/mol. The predicted molar refractivity (Wildman–Crippen MR) is 155 cm³/mol. The molecule has 1 aromatic heterocycles. The first-order valence-electron chi connectivity index (χ1n) is 11.9. The lowest BCUT2D eigenvalue weighted by atomic mass is 9.95. The molecule has 0 spiro atoms. The number of carbonyl (C=O) groups excluding carboxylic acids is 1. The lowest BCUT2D eigenvalue weighted by molar-refractivity contribution is 0.102. The maximum Gasteiger partial charge on any atom is 0.259 e. The molecule has 37 heavy (non-hydrogen) atoms. The minimum Gasteiger partial charge on any atom is -0.486 e. The van der Waals surface area contributed by atoms with Crippen LogP contribution < -0.4 is 10.1 Å². The van der Waals surface area contributed by atoms with E-state index in [-0.39, 0.29) is 18.3 Å². The number of nitrogens with zero attached hydrogens (tertiary/aromatic N) is 1. The number of fused-ring (bicyclic) bond motifs is 1. The molecule has 0 saturated carbocycles. The molecule has 1 heterocycles. The molecule has 8 heteroatoms. The average Bonchev–Trinajstić information content (AvgIpc) is 3.27. The number of benzene rings is 3. The number of aryl methyl sites for hydroxylation is 1. The predicted octanol–water partition coefficient (Wildman–Crippen LogP) is 8.87. The lowest BCUT2D eigenvalue weighted by Crippen LogP contribution is -2.14. The van der Waals surface area contributed by atoms with Crippen LogP contribution in [-0.4, -0.2) is 12.1 Å². The summed E-state index contributed by atoms with van der Waals surface area (Å²) in [5.41, 5.74) is 3.86. The van der Waals surface area contributed by atoms with E-state index in [1.54, 1.807) is 35.8 Å². The van der Waals surface area contributed by atoms with Crippen molar-refractivity contribution in [3.8, 4) is 5.75 Å². The van der Waals surface area contributed by atoms with E-state index >= 15 is 0 Å². The zero-order valence-electron chi connectivity index (χ0n) is 19.8. The fraction of sp³-hybridized carbons (Fsp3) is 0.172. The van der Waals surface area contributed by atoms with Gasteiger partial charge in [0.1, 0.15) is 23.2 Å². The number of aliphatic imine (C=N–C) groups is 1. The fourth-order valence-corrected chi connectivity index (χ4v) is 6.96. The molecule has 0 bridgehead atoms. The van der Waals surface area contributed by atoms with Crippen molar-refractivity contribution < 1.29 is 13.9 Å². The molecular formula is C29H23Br2FN2O2S. The molecule has 0 saturated heterocycles. The van der Waals surface area contributed by atoms with Crippen LogP contribution >= 0.6 is 43.2 Å². The number of rotatable bonds is 7. The summed E-state index contributed by atoms with van der Waals surface area (Å²) < 4.78 is 21.3. The Balaban J connectivity index is 1.39. The highest BCUT2D eigenvalue weighted by Crippen LogP contribution is 2.41. The quantitative estimate of drug-likeness (QED) is 0.205. The van der Waals surface area contributed by atoms with Crippen molar-refractivity contribution >= 4 is 66.0 Å². The van der Waals surface area contributed by atoms with Gasteiger partial charge >= 0.3 is 0 Å². The largest absolute Gasteiger partial charge is 0.486 e. The molecule has 3 aromatic carbocycles. The number of anilines is 1. The SMILES string of the molecule is O=C(Nc1ccccc1)c1c(N=Cc2cc(Br)c(OCc3ccccc3F)c(Br)c2)sc2c1CCCC2. The van der Waals surface area contributed by atoms with Crippen molar-refractivity contribution in [2.45, 2.75) is 32.3 Å². The Morgan fingerprint density at radius 1 is 1.03 bits per heavy atom. The fourth-order valence-electron chi connectivity index (χ4n) is 4.28. The molecule has 0 unspecified atom stereocenters. The average molecular weight is 642 g/mol. The number of amides is 1. The molecule has 188 valence electrons. The van der Waals surface area contributed by atoms with Crippen LogP contribution in [0, 0.1) is 5.82 Å². The van der Waals surface area contributed by atoms with E-state index in [1.165, 1.54) is 10.9 Å². The van der Waals surface area contributed by atoms with Crippen LogP contribution in [0.2, 0.25) is 0 Å². The third-order valence-electron chi connectivity index (χ3n) is 6.09. The molecule has 0 fully saturated rings. The van der Waals surface area contributed by atoms with E-state index in [9.17, 15) is 9.18 Å². The molecule has 1 aliphatic rings. The summed E-state index contributed by atoms with van der Waals surface area (Å²) in [6, 6.07) is 19.8. The molecule has 1 N–H and O–H groups in total. The number of carbonyl (C=O) groups is 1. The van der Waals surface area contributed by atoms with Gasteiger partial charge in [-0.25, -0.2) is 9.38 Å². The molecule has 0 aliphatic heterocycles. The van der Waals surface area contributed by atoms with Crippen LogP contribution in [0.15, 0.2) is 80.7 Å². The van der Waals surface area contributed by atoms with Crippen LogP contribution in [0.25, 0.3) is 0 Å². The minimum absolute atomic E-state index is 0.109. The molecule has 1 amide bonds. The van der Waals surface area contributed by atoms with Gasteiger partial charge in [0, 0.05) is 22.3 Å². The smallest absolute Gasteiger partial charge is 0.259 e. The Kier molecular flexibility index (Phi) is 8.17. The van der Waals surface area contributed by atoms with Crippen molar-refractivity contribution in [3.05, 3.63) is 109 Å². The Bertz CT molecular complexity index is 1450. The molecule has 1 aliphatic carbocycles. The van der Waals surface area contributed by atoms with Crippen LogP contribution in [-0.2, 0) is 19.4 Å². The number of hydrogen-bond donors (Lipinski definition) is 1. The van der Waals surface area contributed by atoms with Gasteiger partial charge in [0.15, 0.2) is 0 Å². The maximum atomic E-state index is 14.0. The van der Waals surface area contributed by atoms with Crippen LogP contribution in [0.3, 0.4) is 0 Å². The number of ether oxygens (including phenoxy) is 1. The van der Waals surface area contributed by atoms with E-state index in [2.05, 4.69) is 37.2 Å². The summed E-state index contributed by atoms with van der Waals surface area (Å²) in [6.45, 7) is 0.109. The first kappa shape index (κ1) is 25.8. The summed E-state index contributed by atoms with van der Waals surface area (Å²) in [4.78, 5) is 19.3. The van der Waals surface area contributed by atoms with E-state index in [1.807, 2.05) is 42.5 Å². The summed E-state index contributed by atoms with van der Waals surface area (Å²) in [5.74, 6) is 0.149. The van der Waals surface area contributed by atoms with Gasteiger partial charge < -0.3 is 10.1 Å². The second kappa shape index (κ2) is 11.7. The Morgan fingerprint density at radius 3 is 2.49 bits per heavy atom. The van der Waals surface area contributed by atoms with Gasteiger partial charge in [-0.05, 0) is 99.0 Å². The van der Waals surface area contributed by atoms with E-state index < -0.39 is 0 Å². The second-order valence-corrected chi connectivity index (χ2v) is 11.5. The normalized spacial score (nSPS) is 12.9. The van der Waals surface area contributed by atoms with Gasteiger partial charge in [-0.3, -0.25) is 4.79 Å². The van der Waals surface area contributed by atoms with Gasteiger partial charge in [-0.2, -0.15) is 0 Å². The molecule has 4 aromatic rings. The second-order valence-electron chi connectivity index (χ2n) is 8.66. The van der Waals surface area contributed by atoms with Gasteiger partial charge in [0.05, 0.1) is 14.5 Å². The topological polar surface area (TPSA) is 50.7 Å². The molecule has 5 rings (SSSR count). The number of hydrogen-bond acceptors (Lipinski definition) is 4. The first-order valence-corrected chi connectivity index (χ1v) is 14.3. The van der Waals surface area contributed by atoms with Gasteiger partial charge in [0.2, 0.25) is 0 Å². The van der Waals surface area contributed by atoms with Crippen molar-refractivity contribution in [2.75, 3.05) is 5.32 Å². The first-order chi connectivity index (χ1) is 18.0. The van der Waals surface area contributed by atoms with Gasteiger partial charge in [0.25, 0.3) is 5.91 Å². The zero-order valence-corrected chi connectivity index (χ0v) is 23.8. The minimum atomic E-state index is -0.302. The molecular weight excluding hydrogens is 619 g/mol. The Hall–Kier alpha value is -2.81. The highest BCUT2D eigenvalue weighted by molar-refractivity contribution is 9.11. The van der Waals surface area contributed by atoms with Crippen molar-refractivity contribution in [1.82, 2.24) is 0 Å². The van der Waals surface area contributed by atoms with Crippen LogP contribution in [0.5, 0.6) is 5.75 Å². The highest BCUT2D eigenvalue weighted by atomic mass is 79.9. The number of thiophene rings is 1. The van der Waals surface area contributed by atoms with E-state index in [0.717, 1.165) is 42.5 Å². The number of para-hydroxylation sites is 1. The van der Waals surface area contributed by atoms with Crippen molar-refractivity contribution in [3.63, 3.8) is 0 Å². The molecule has 0 radical (unpaired) electrons. The lowest BCUT2D eigenvalue weighted by Gasteiger charge is -2.13. The summed E-state index contributed by atoms with van der Waals surface area (Å²) >= 11 is 8.73. The summed E-state index contributed by atoms with van der Waals surface area (Å²) in [7, 11) is 0. The van der Waals surface area contributed by atoms with Gasteiger partial charge in [-0.1, -0.05) is 36.4 Å². The van der Waals surface area contributed by atoms with Crippen LogP contribution in [0.4, 0.5) is 15.1 Å². The third kappa shape index (κ3) is 6.03. The highest BCUT2D eigenvalue weighted by Gasteiger charge is 2.25. The maximum absolute atomic E-state index is 14.0. The summed E-state index contributed by atoms with van der Waals surface area (Å²) in [5, 5.41) is 3.74. The van der Waals surface area contributed by atoms with E-state index in [4.69, 9.17) is 9.73 Å². The standard InChI is InChI=1S/C29H23Br2FN2O2S/c30-22-14-18(15-23(31)27(22)36-17-19-8-4-6-12-24(19)32)16-33-29-26(21-11-5-7-13-25(21)37-29)28(35)34-20-9-2-1-3-10-20/h1-4,6,8-10,12,14-16H,5,7,11,13,17H2,(H,34,35). The van der Waals surface area contributed by atoms with Crippen LogP contribution in [0.1, 0.15) is 44.8 Å². The van der Waals surface area contributed by atoms with E-state index in [0.29, 0.717) is 30.8 Å². The Labute approximate surface area is 235 Å². The molecule has 0 atom stereocenters.